The average molecular weight is 377 g/mol. The van der Waals surface area contributed by atoms with Crippen LogP contribution in [0.15, 0.2) is 54.6 Å². The van der Waals surface area contributed by atoms with E-state index < -0.39 is 0 Å². The van der Waals surface area contributed by atoms with Gasteiger partial charge in [0.2, 0.25) is 5.95 Å². The third-order valence-electron chi connectivity index (χ3n) is 4.16. The van der Waals surface area contributed by atoms with Crippen molar-refractivity contribution in [2.24, 2.45) is 0 Å². The fourth-order valence-electron chi connectivity index (χ4n) is 2.74. The average Bonchev–Trinajstić information content (AvgIpc) is 3.14. The molecule has 0 radical (unpaired) electrons. The number of nitrogen functional groups attached to an aromatic ring is 1. The smallest absolute Gasteiger partial charge is 0.226 e. The predicted molar refractivity (Wildman–Crippen MR) is 110 cm³/mol. The second-order valence-electron chi connectivity index (χ2n) is 6.00. The summed E-state index contributed by atoms with van der Waals surface area (Å²) in [6.45, 7) is 0.710. The van der Waals surface area contributed by atoms with Crippen molar-refractivity contribution in [2.75, 3.05) is 24.7 Å². The summed E-state index contributed by atoms with van der Waals surface area (Å²) in [5.41, 5.74) is 9.01. The molecule has 0 fully saturated rings. The van der Waals surface area contributed by atoms with E-state index in [9.17, 15) is 0 Å². The Balaban J connectivity index is 1.49. The van der Waals surface area contributed by atoms with Crippen LogP contribution in [0.25, 0.3) is 20.9 Å². The van der Waals surface area contributed by atoms with Gasteiger partial charge in [0.05, 0.1) is 7.11 Å². The number of anilines is 2. The van der Waals surface area contributed by atoms with Crippen LogP contribution in [0.5, 0.6) is 5.75 Å². The summed E-state index contributed by atoms with van der Waals surface area (Å²) in [6, 6.07) is 18.0. The summed E-state index contributed by atoms with van der Waals surface area (Å²) in [5.74, 6) is 1.77. The second kappa shape index (κ2) is 7.59. The van der Waals surface area contributed by atoms with Crippen LogP contribution >= 0.6 is 11.3 Å². The Labute approximate surface area is 161 Å². The first-order valence-corrected chi connectivity index (χ1v) is 9.41. The summed E-state index contributed by atoms with van der Waals surface area (Å²) in [7, 11) is 1.66. The number of methoxy groups -OCH3 is 1. The van der Waals surface area contributed by atoms with Crippen LogP contribution in [-0.4, -0.2) is 28.6 Å². The van der Waals surface area contributed by atoms with Gasteiger partial charge in [0.15, 0.2) is 10.6 Å². The Morgan fingerprint density at radius 3 is 2.52 bits per heavy atom. The number of nitrogens with zero attached hydrogens (tertiary/aromatic N) is 3. The lowest BCUT2D eigenvalue weighted by Gasteiger charge is -2.06. The summed E-state index contributed by atoms with van der Waals surface area (Å²) in [5, 5.41) is 4.14. The van der Waals surface area contributed by atoms with Gasteiger partial charge in [-0.2, -0.15) is 4.98 Å². The van der Waals surface area contributed by atoms with Crippen molar-refractivity contribution in [1.82, 2.24) is 15.0 Å². The van der Waals surface area contributed by atoms with Crippen molar-refractivity contribution in [2.45, 2.75) is 6.42 Å². The highest BCUT2D eigenvalue weighted by Crippen LogP contribution is 2.31. The van der Waals surface area contributed by atoms with E-state index in [1.807, 2.05) is 54.6 Å². The third-order valence-corrected chi connectivity index (χ3v) is 5.16. The van der Waals surface area contributed by atoms with Gasteiger partial charge in [-0.25, -0.2) is 9.97 Å². The number of fused-ring (bicyclic) bond motifs is 1. The SMILES string of the molecule is COc1ccc(CCNc2nc(N)c3nc(-c4ccccc4)sc3n2)cc1. The van der Waals surface area contributed by atoms with E-state index >= 15 is 0 Å². The minimum atomic E-state index is 0.394. The molecule has 0 amide bonds. The molecular weight excluding hydrogens is 358 g/mol. The molecule has 6 nitrogen and oxygen atoms in total. The third kappa shape index (κ3) is 3.83. The minimum Gasteiger partial charge on any atom is -0.497 e. The monoisotopic (exact) mass is 377 g/mol. The summed E-state index contributed by atoms with van der Waals surface area (Å²) >= 11 is 1.52. The molecule has 0 aliphatic rings. The molecule has 27 heavy (non-hydrogen) atoms. The number of benzene rings is 2. The number of hydrogen-bond acceptors (Lipinski definition) is 7. The maximum atomic E-state index is 6.10. The van der Waals surface area contributed by atoms with Crippen molar-refractivity contribution >= 4 is 33.5 Å². The molecule has 0 aliphatic carbocycles. The molecule has 0 bridgehead atoms. The normalized spacial score (nSPS) is 10.9. The first kappa shape index (κ1) is 17.2. The number of aromatic nitrogens is 3. The van der Waals surface area contributed by atoms with Crippen molar-refractivity contribution in [3.8, 4) is 16.3 Å². The molecule has 3 N–H and O–H groups in total. The molecule has 0 spiro atoms. The van der Waals surface area contributed by atoms with Crippen LogP contribution in [0, 0.1) is 0 Å². The topological polar surface area (TPSA) is 86.0 Å². The maximum Gasteiger partial charge on any atom is 0.226 e. The molecule has 2 aromatic heterocycles. The molecule has 2 heterocycles. The van der Waals surface area contributed by atoms with Gasteiger partial charge < -0.3 is 15.8 Å². The molecule has 4 aromatic rings. The largest absolute Gasteiger partial charge is 0.497 e. The Morgan fingerprint density at radius 2 is 1.78 bits per heavy atom. The van der Waals surface area contributed by atoms with Crippen LogP contribution in [0.4, 0.5) is 11.8 Å². The highest BCUT2D eigenvalue weighted by Gasteiger charge is 2.12. The molecule has 0 saturated heterocycles. The van der Waals surface area contributed by atoms with Gasteiger partial charge in [0.1, 0.15) is 16.3 Å². The minimum absolute atomic E-state index is 0.394. The van der Waals surface area contributed by atoms with Crippen molar-refractivity contribution in [1.29, 1.82) is 0 Å². The van der Waals surface area contributed by atoms with E-state index in [0.29, 0.717) is 23.8 Å². The van der Waals surface area contributed by atoms with Crippen LogP contribution in [0.2, 0.25) is 0 Å². The molecule has 0 atom stereocenters. The van der Waals surface area contributed by atoms with Crippen LogP contribution in [-0.2, 0) is 6.42 Å². The zero-order chi connectivity index (χ0) is 18.6. The molecule has 7 heteroatoms. The number of thiazole rings is 1. The highest BCUT2D eigenvalue weighted by atomic mass is 32.1. The van der Waals surface area contributed by atoms with Crippen molar-refractivity contribution in [3.63, 3.8) is 0 Å². The number of ether oxygens (including phenoxy) is 1. The maximum absolute atomic E-state index is 6.10. The van der Waals surface area contributed by atoms with Crippen LogP contribution in [0.3, 0.4) is 0 Å². The summed E-state index contributed by atoms with van der Waals surface area (Å²) in [4.78, 5) is 14.3. The van der Waals surface area contributed by atoms with Crippen molar-refractivity contribution < 1.29 is 4.74 Å². The molecule has 0 unspecified atom stereocenters. The lowest BCUT2D eigenvalue weighted by molar-refractivity contribution is 0.414. The Morgan fingerprint density at radius 1 is 1.00 bits per heavy atom. The summed E-state index contributed by atoms with van der Waals surface area (Å²) in [6.07, 6.45) is 0.850. The molecule has 2 aromatic carbocycles. The van der Waals surface area contributed by atoms with E-state index in [1.54, 1.807) is 7.11 Å². The molecule has 0 aliphatic heterocycles. The van der Waals surface area contributed by atoms with Gasteiger partial charge in [-0.3, -0.25) is 0 Å². The Kier molecular flexibility index (Phi) is 4.84. The molecule has 4 rings (SSSR count). The van der Waals surface area contributed by atoms with E-state index in [2.05, 4.69) is 20.3 Å². The van der Waals surface area contributed by atoms with E-state index in [1.165, 1.54) is 16.9 Å². The highest BCUT2D eigenvalue weighted by molar-refractivity contribution is 7.21. The fraction of sp³-hybridized carbons (Fsp3) is 0.150. The van der Waals surface area contributed by atoms with Crippen molar-refractivity contribution in [3.05, 3.63) is 60.2 Å². The zero-order valence-electron chi connectivity index (χ0n) is 14.8. The Hall–Kier alpha value is -3.19. The lowest BCUT2D eigenvalue weighted by atomic mass is 10.1. The van der Waals surface area contributed by atoms with Gasteiger partial charge >= 0.3 is 0 Å². The quantitative estimate of drug-likeness (QED) is 0.528. The predicted octanol–water partition coefficient (Wildman–Crippen LogP) is 4.00. The van der Waals surface area contributed by atoms with Gasteiger partial charge in [-0.15, -0.1) is 0 Å². The standard InChI is InChI=1S/C20H19N5OS/c1-26-15-9-7-13(8-10-15)11-12-22-20-24-17(21)16-19(25-20)27-18(23-16)14-5-3-2-4-6-14/h2-10H,11-12H2,1H3,(H3,21,22,24,25). The first-order valence-electron chi connectivity index (χ1n) is 8.59. The molecule has 0 saturated carbocycles. The second-order valence-corrected chi connectivity index (χ2v) is 6.97. The zero-order valence-corrected chi connectivity index (χ0v) is 15.7. The molecule has 136 valence electrons. The number of hydrogen-bond donors (Lipinski definition) is 2. The fourth-order valence-corrected chi connectivity index (χ4v) is 3.69. The number of nitrogens with one attached hydrogen (secondary N) is 1. The molecular formula is C20H19N5OS. The Bertz CT molecular complexity index is 1050. The van der Waals surface area contributed by atoms with Gasteiger partial charge in [-0.1, -0.05) is 53.8 Å². The lowest BCUT2D eigenvalue weighted by Crippen LogP contribution is -2.09. The van der Waals surface area contributed by atoms with Gasteiger partial charge in [0, 0.05) is 12.1 Å². The number of rotatable bonds is 6. The van der Waals surface area contributed by atoms with E-state index in [-0.39, 0.29) is 0 Å². The van der Waals surface area contributed by atoms with E-state index in [4.69, 9.17) is 10.5 Å². The van der Waals surface area contributed by atoms with Gasteiger partial charge in [0.25, 0.3) is 0 Å². The summed E-state index contributed by atoms with van der Waals surface area (Å²) < 4.78 is 5.18. The van der Waals surface area contributed by atoms with E-state index in [0.717, 1.165) is 27.6 Å². The number of nitrogens with two attached hydrogens (primary N) is 1. The van der Waals surface area contributed by atoms with Crippen LogP contribution < -0.4 is 15.8 Å². The van der Waals surface area contributed by atoms with Crippen LogP contribution in [0.1, 0.15) is 5.56 Å². The first-order chi connectivity index (χ1) is 13.2. The van der Waals surface area contributed by atoms with Gasteiger partial charge in [-0.05, 0) is 24.1 Å².